The van der Waals surface area contributed by atoms with Crippen LogP contribution in [0.25, 0.3) is 0 Å². The van der Waals surface area contributed by atoms with Crippen LogP contribution in [0.15, 0.2) is 0 Å². The number of nitrogens with two attached hydrogens (primary N) is 2. The van der Waals surface area contributed by atoms with E-state index < -0.39 is 35.3 Å². The van der Waals surface area contributed by atoms with Gasteiger partial charge in [-0.05, 0) is 40.5 Å². The maximum atomic E-state index is 11.1. The first kappa shape index (κ1) is 31.2. The molecular formula is C22H34N2O8Pt. The minimum Gasteiger partial charge on any atom is -0.461 e. The molecule has 0 bridgehead atoms. The average molecular weight is 650 g/mol. The summed E-state index contributed by atoms with van der Waals surface area (Å²) in [5, 5.41) is 0. The molecule has 3 aliphatic rings. The number of carbonyl (C=O) groups is 6. The van der Waals surface area contributed by atoms with Gasteiger partial charge in [0, 0.05) is 46.0 Å². The Morgan fingerprint density at radius 2 is 1.03 bits per heavy atom. The Morgan fingerprint density at radius 3 is 1.24 bits per heavy atom. The number of rotatable bonds is 2. The van der Waals surface area contributed by atoms with E-state index in [-0.39, 0.29) is 69.8 Å². The van der Waals surface area contributed by atoms with E-state index in [0.29, 0.717) is 0 Å². The number of carbonyl (C=O) groups excluding carboxylic acids is 6. The van der Waals surface area contributed by atoms with E-state index in [4.69, 9.17) is 20.9 Å². The van der Waals surface area contributed by atoms with E-state index in [1.807, 2.05) is 0 Å². The standard InChI is InChI=1S/2C8H10O4.C6H14N2.Pt/c2*1-4-3-6(10)7(5(2)9)8(11)12-4;7-5-3-1-2-4-6(5)8;/h2*4,7H,3H2,1-2H3;5-6H,1-4,7-8H2;/t;;5-,6-;/m..1./s1. The smallest absolute Gasteiger partial charge is 0.324 e. The Balaban J connectivity index is 0.000000468. The van der Waals surface area contributed by atoms with Crippen molar-refractivity contribution in [1.82, 2.24) is 0 Å². The van der Waals surface area contributed by atoms with Crippen LogP contribution in [0.3, 0.4) is 0 Å². The van der Waals surface area contributed by atoms with Crippen molar-refractivity contribution in [2.75, 3.05) is 0 Å². The van der Waals surface area contributed by atoms with Crippen LogP contribution in [0.1, 0.15) is 66.2 Å². The van der Waals surface area contributed by atoms with Crippen LogP contribution in [-0.2, 0) is 59.3 Å². The van der Waals surface area contributed by atoms with E-state index in [1.165, 1.54) is 26.7 Å². The van der Waals surface area contributed by atoms with Crippen molar-refractivity contribution in [3.05, 3.63) is 0 Å². The molecular weight excluding hydrogens is 615 g/mol. The molecule has 2 aliphatic heterocycles. The number of ketones is 4. The first-order chi connectivity index (χ1) is 14.8. The molecule has 0 radical (unpaired) electrons. The van der Waals surface area contributed by atoms with Crippen molar-refractivity contribution in [1.29, 1.82) is 0 Å². The quantitative estimate of drug-likeness (QED) is 0.315. The van der Waals surface area contributed by atoms with Gasteiger partial charge in [0.05, 0.1) is 0 Å². The van der Waals surface area contributed by atoms with Gasteiger partial charge >= 0.3 is 11.9 Å². The van der Waals surface area contributed by atoms with Crippen molar-refractivity contribution >= 4 is 35.1 Å². The normalized spacial score (nSPS) is 31.3. The van der Waals surface area contributed by atoms with Gasteiger partial charge in [0.1, 0.15) is 12.2 Å². The largest absolute Gasteiger partial charge is 0.461 e. The Labute approximate surface area is 208 Å². The molecule has 0 spiro atoms. The van der Waals surface area contributed by atoms with Crippen LogP contribution < -0.4 is 11.5 Å². The molecule has 0 aromatic rings. The summed E-state index contributed by atoms with van der Waals surface area (Å²) < 4.78 is 9.50. The summed E-state index contributed by atoms with van der Waals surface area (Å²) in [6.07, 6.45) is 4.32. The van der Waals surface area contributed by atoms with Crippen molar-refractivity contribution in [2.45, 2.75) is 90.5 Å². The fraction of sp³-hybridized carbons (Fsp3) is 0.727. The van der Waals surface area contributed by atoms with Crippen LogP contribution in [0.4, 0.5) is 0 Å². The fourth-order valence-corrected chi connectivity index (χ4v) is 3.65. The van der Waals surface area contributed by atoms with Gasteiger partial charge in [0.15, 0.2) is 35.0 Å². The number of ether oxygens (including phenoxy) is 2. The summed E-state index contributed by atoms with van der Waals surface area (Å²) in [7, 11) is 0. The van der Waals surface area contributed by atoms with E-state index >= 15 is 0 Å². The summed E-state index contributed by atoms with van der Waals surface area (Å²) in [6.45, 7) is 5.71. The predicted molar refractivity (Wildman–Crippen MR) is 113 cm³/mol. The van der Waals surface area contributed by atoms with E-state index in [1.54, 1.807) is 13.8 Å². The molecule has 3 fully saturated rings. The minimum atomic E-state index is -1.17. The third-order valence-corrected chi connectivity index (χ3v) is 5.42. The van der Waals surface area contributed by atoms with Crippen LogP contribution in [0, 0.1) is 11.8 Å². The molecule has 0 amide bonds. The third kappa shape index (κ3) is 9.94. The summed E-state index contributed by atoms with van der Waals surface area (Å²) in [4.78, 5) is 65.9. The van der Waals surface area contributed by atoms with Crippen molar-refractivity contribution in [3.63, 3.8) is 0 Å². The van der Waals surface area contributed by atoms with E-state index in [0.717, 1.165) is 12.8 Å². The monoisotopic (exact) mass is 649 g/mol. The fourth-order valence-electron chi connectivity index (χ4n) is 3.65. The molecule has 6 atom stereocenters. The maximum Gasteiger partial charge on any atom is 0.324 e. The summed E-state index contributed by atoms with van der Waals surface area (Å²) in [6, 6.07) is 0.562. The van der Waals surface area contributed by atoms with Gasteiger partial charge in [0.25, 0.3) is 0 Å². The van der Waals surface area contributed by atoms with Gasteiger partial charge in [-0.1, -0.05) is 12.8 Å². The summed E-state index contributed by atoms with van der Waals surface area (Å²) in [5.74, 6) is -5.26. The second-order valence-corrected chi connectivity index (χ2v) is 8.54. The summed E-state index contributed by atoms with van der Waals surface area (Å²) in [5.41, 5.74) is 11.3. The number of cyclic esters (lactones) is 2. The Morgan fingerprint density at radius 1 is 0.727 bits per heavy atom. The Bertz CT molecular complexity index is 659. The zero-order valence-electron chi connectivity index (χ0n) is 19.4. The Kier molecular flexibility index (Phi) is 13.7. The van der Waals surface area contributed by atoms with Gasteiger partial charge in [-0.25, -0.2) is 0 Å². The van der Waals surface area contributed by atoms with Gasteiger partial charge in [-0.15, -0.1) is 0 Å². The molecule has 4 unspecified atom stereocenters. The van der Waals surface area contributed by atoms with Gasteiger partial charge in [-0.2, -0.15) is 0 Å². The van der Waals surface area contributed by atoms with Crippen molar-refractivity contribution < 1.29 is 59.3 Å². The van der Waals surface area contributed by atoms with Gasteiger partial charge in [0.2, 0.25) is 0 Å². The second kappa shape index (κ2) is 14.5. The van der Waals surface area contributed by atoms with E-state index in [2.05, 4.69) is 0 Å². The Hall–Kier alpha value is -1.77. The molecule has 1 aliphatic carbocycles. The van der Waals surface area contributed by atoms with Crippen LogP contribution in [-0.4, -0.2) is 59.4 Å². The second-order valence-electron chi connectivity index (χ2n) is 8.54. The van der Waals surface area contributed by atoms with Crippen LogP contribution >= 0.6 is 0 Å². The zero-order chi connectivity index (χ0) is 24.6. The SMILES string of the molecule is CC(=O)C1C(=O)CC(C)OC1=O.CC(=O)C1C(=O)CC(C)OC1=O.N[C@@H]1CCCC[C@H]1N.[Pt]. The number of Topliss-reactive ketones (excluding diaryl/α,β-unsaturated/α-hetero) is 4. The topological polar surface area (TPSA) is 173 Å². The first-order valence-electron chi connectivity index (χ1n) is 10.8. The van der Waals surface area contributed by atoms with Gasteiger partial charge < -0.3 is 20.9 Å². The van der Waals surface area contributed by atoms with Crippen LogP contribution in [0.2, 0.25) is 0 Å². The number of esters is 2. The number of hydrogen-bond donors (Lipinski definition) is 2. The zero-order valence-corrected chi connectivity index (χ0v) is 21.7. The molecule has 1 saturated carbocycles. The third-order valence-electron chi connectivity index (χ3n) is 5.42. The minimum absolute atomic E-state index is 0. The van der Waals surface area contributed by atoms with Gasteiger partial charge in [-0.3, -0.25) is 28.8 Å². The predicted octanol–water partition coefficient (Wildman–Crippen LogP) is 0.405. The molecule has 190 valence electrons. The van der Waals surface area contributed by atoms with Crippen LogP contribution in [0.5, 0.6) is 0 Å². The van der Waals surface area contributed by atoms with E-state index in [9.17, 15) is 28.8 Å². The molecule has 4 N–H and O–H groups in total. The maximum absolute atomic E-state index is 11.1. The number of hydrogen-bond acceptors (Lipinski definition) is 10. The molecule has 2 heterocycles. The molecule has 2 saturated heterocycles. The molecule has 11 heteroatoms. The summed E-state index contributed by atoms with van der Waals surface area (Å²) >= 11 is 0. The van der Waals surface area contributed by atoms with Crippen molar-refractivity contribution in [2.24, 2.45) is 23.3 Å². The average Bonchev–Trinajstić information content (AvgIpc) is 2.63. The molecule has 0 aromatic heterocycles. The molecule has 0 aromatic carbocycles. The molecule has 10 nitrogen and oxygen atoms in total. The molecule has 33 heavy (non-hydrogen) atoms. The first-order valence-corrected chi connectivity index (χ1v) is 10.8. The molecule has 3 rings (SSSR count). The van der Waals surface area contributed by atoms with Crippen molar-refractivity contribution in [3.8, 4) is 0 Å².